The third-order valence-electron chi connectivity index (χ3n) is 9.91. The van der Waals surface area contributed by atoms with Gasteiger partial charge in [-0.05, 0) is 117 Å². The number of rotatable bonds is 28. The van der Waals surface area contributed by atoms with Crippen LogP contribution in [0.15, 0.2) is 96.9 Å². The summed E-state index contributed by atoms with van der Waals surface area (Å²) in [5, 5.41) is 13.3. The number of fused-ring (bicyclic) bond motifs is 2. The number of carbonyl (C=O) groups is 1. The highest BCUT2D eigenvalue weighted by atomic mass is 16.7. The minimum absolute atomic E-state index is 0.0303. The second-order valence-corrected chi connectivity index (χ2v) is 16.1. The van der Waals surface area contributed by atoms with Crippen LogP contribution in [0.3, 0.4) is 0 Å². The number of ether oxygens (including phenoxy) is 7. The Bertz CT molecular complexity index is 3450. The van der Waals surface area contributed by atoms with E-state index in [4.69, 9.17) is 74.3 Å². The summed E-state index contributed by atoms with van der Waals surface area (Å²) in [5.41, 5.74) is 0.794. The molecule has 2 atom stereocenters. The van der Waals surface area contributed by atoms with Gasteiger partial charge in [0.2, 0.25) is 11.6 Å². The fourth-order valence-corrected chi connectivity index (χ4v) is 6.44. The fraction of sp³-hybridized carbons (Fsp3) is 0.561. The van der Waals surface area contributed by atoms with Crippen molar-refractivity contribution in [2.45, 2.75) is 154 Å². The minimum atomic E-state index is -3.89. The number of aliphatic hydroxyl groups excluding tert-OH is 1. The Morgan fingerprint density at radius 1 is 0.721 bits per heavy atom. The molecule has 0 saturated carbocycles. The van der Waals surface area contributed by atoms with Crippen molar-refractivity contribution in [1.82, 2.24) is 10.2 Å². The Morgan fingerprint density at radius 3 is 1.87 bits per heavy atom. The van der Waals surface area contributed by atoms with Gasteiger partial charge < -0.3 is 48.5 Å². The molecule has 0 spiro atoms. The Balaban J connectivity index is 0.000000310. The van der Waals surface area contributed by atoms with Crippen LogP contribution in [-0.4, -0.2) is 80.0 Å². The zero-order valence-corrected chi connectivity index (χ0v) is 38.6. The average molecular weight is 967 g/mol. The van der Waals surface area contributed by atoms with E-state index >= 15 is 0 Å². The van der Waals surface area contributed by atoms with Crippen molar-refractivity contribution in [3.8, 4) is 11.5 Å². The molecule has 7 rings (SSSR count). The third-order valence-corrected chi connectivity index (χ3v) is 9.91. The van der Waals surface area contributed by atoms with Crippen LogP contribution in [0.4, 0.5) is 4.79 Å². The number of hydrogen-bond acceptors (Lipinski definition) is 10. The first kappa shape index (κ1) is 25.6. The van der Waals surface area contributed by atoms with Gasteiger partial charge in [-0.3, -0.25) is 0 Å². The average Bonchev–Trinajstić information content (AvgIpc) is 0.846. The molecule has 3 aliphatic rings. The Hall–Kier alpha value is -4.49. The number of cyclic esters (lactones) is 1. The lowest BCUT2D eigenvalue weighted by Crippen LogP contribution is -2.35. The van der Waals surface area contributed by atoms with Crippen LogP contribution in [0.25, 0.3) is 0 Å². The SMILES string of the molecule is [2H]c1cc([2H])c(C([2H])([2H])C([2H])([2H])C([2H])([2H])C([2H])([2H])OC([2H])([2H])CCCCC([2H])([2H])N2CC(c3ccc4c(c3)COC(C)(C)O4)OC2=O)c([2H])c1.[2H]c1cc([2H])c(C([2H])([2H])C([2H])([2H])C([2H])([2H])C([2H])([2H])OC([2H])([2H])CCCCC([2H])([2H])NCC(O)c2ccc3c(c2)COC(C)(C)O3)c([2H])c1. The van der Waals surface area contributed by atoms with Gasteiger partial charge in [-0.1, -0.05) is 98.3 Å². The summed E-state index contributed by atoms with van der Waals surface area (Å²) in [6.07, 6.45) is -26.8. The lowest BCUT2D eigenvalue weighted by molar-refractivity contribution is -0.180. The van der Waals surface area contributed by atoms with Crippen molar-refractivity contribution in [1.29, 1.82) is 0 Å². The molecule has 372 valence electrons. The van der Waals surface area contributed by atoms with Gasteiger partial charge in [-0.15, -0.1) is 0 Å². The maximum atomic E-state index is 12.7. The summed E-state index contributed by atoms with van der Waals surface area (Å²) in [6.45, 7) is -10.2. The molecule has 11 heteroatoms. The molecule has 0 aromatic heterocycles. The highest BCUT2D eigenvalue weighted by Crippen LogP contribution is 2.36. The maximum absolute atomic E-state index is 12.7. The molecule has 0 aliphatic carbocycles. The Kier molecular flexibility index (Phi) is 10.6. The largest absolute Gasteiger partial charge is 0.463 e. The van der Waals surface area contributed by atoms with Crippen LogP contribution in [0.1, 0.15) is 191 Å². The number of hydrogen-bond donors (Lipinski definition) is 2. The molecular weight excluding hydrogens is 857 g/mol. The van der Waals surface area contributed by atoms with Gasteiger partial charge in [0.05, 0.1) is 45.1 Å². The smallest absolute Gasteiger partial charge is 0.410 e. The summed E-state index contributed by atoms with van der Waals surface area (Å²) in [7, 11) is 0. The van der Waals surface area contributed by atoms with Crippen molar-refractivity contribution >= 4 is 6.09 Å². The van der Waals surface area contributed by atoms with Gasteiger partial charge in [0.1, 0.15) is 17.6 Å². The molecule has 1 fully saturated rings. The molecule has 1 amide bonds. The quantitative estimate of drug-likeness (QED) is 0.0533. The van der Waals surface area contributed by atoms with Crippen molar-refractivity contribution in [3.63, 3.8) is 0 Å². The van der Waals surface area contributed by atoms with Crippen molar-refractivity contribution in [2.24, 2.45) is 0 Å². The normalized spacial score (nSPS) is 26.2. The Morgan fingerprint density at radius 2 is 1.26 bits per heavy atom. The van der Waals surface area contributed by atoms with E-state index in [9.17, 15) is 9.90 Å². The van der Waals surface area contributed by atoms with E-state index in [0.717, 1.165) is 40.3 Å². The molecule has 3 aliphatic heterocycles. The first-order chi connectivity index (χ1) is 44.3. The van der Waals surface area contributed by atoms with E-state index in [-0.39, 0.29) is 76.9 Å². The number of aliphatic hydroxyl groups is 1. The van der Waals surface area contributed by atoms with Crippen LogP contribution in [0.5, 0.6) is 11.5 Å². The number of unbranched alkanes of at least 4 members (excludes halogenated alkanes) is 2. The van der Waals surface area contributed by atoms with Gasteiger partial charge in [-0.2, -0.15) is 0 Å². The summed E-state index contributed by atoms with van der Waals surface area (Å²) < 4.78 is 283. The number of amides is 1. The van der Waals surface area contributed by atoms with Crippen LogP contribution < -0.4 is 14.8 Å². The predicted molar refractivity (Wildman–Crippen MR) is 268 cm³/mol. The monoisotopic (exact) mass is 967 g/mol. The van der Waals surface area contributed by atoms with Crippen LogP contribution in [0, 0.1) is 0 Å². The standard InChI is InChI=1S/C29H39NO5.C28H41NO4/c1-29(2)33-22-25-20-24(15-16-26(25)35-29)27-21-30(28(31)34-27)17-9-3-4-10-18-32-19-11-8-14-23-12-6-5-7-13-23;1-28(2)32-22-25-20-24(15-16-27(25)33-28)26(30)21-29-17-9-3-4-10-18-31-19-11-8-14-23-12-6-5-7-13-23/h5-7,12-13,15-16,20,27H,3-4,8-11,14,17-19,21-22H2,1-2H3;5-7,12-13,15-16,20,26,29-30H,3-4,8-11,14,17-19,21-22H2,1-2H3/i2*5D,8D2,11D2,12D,13D,14D2,17D2,18D2,19D2. The summed E-state index contributed by atoms with van der Waals surface area (Å²) in [4.78, 5) is 13.6. The van der Waals surface area contributed by atoms with Crippen molar-refractivity contribution < 1.29 is 84.2 Å². The molecule has 4 aromatic carbocycles. The number of nitrogens with zero attached hydrogens (tertiary/aromatic N) is 1. The van der Waals surface area contributed by atoms with Crippen molar-refractivity contribution in [2.75, 3.05) is 52.3 Å². The van der Waals surface area contributed by atoms with Gasteiger partial charge in [0.15, 0.2) is 0 Å². The zero-order chi connectivity index (χ0) is 74.6. The molecular formula is C57H80N2O9. The molecule has 2 unspecified atom stereocenters. The first-order valence-corrected chi connectivity index (χ1v) is 22.2. The van der Waals surface area contributed by atoms with Gasteiger partial charge in [0.25, 0.3) is 0 Å². The van der Waals surface area contributed by atoms with Crippen molar-refractivity contribution in [3.05, 3.63) is 130 Å². The third kappa shape index (κ3) is 18.8. The second kappa shape index (κ2) is 28.2. The van der Waals surface area contributed by atoms with Gasteiger partial charge in [0, 0.05) is 100 Å². The lowest BCUT2D eigenvalue weighted by atomic mass is 10.0. The number of benzene rings is 4. The highest BCUT2D eigenvalue weighted by Gasteiger charge is 2.34. The first-order valence-electron chi connectivity index (χ1n) is 37.2. The van der Waals surface area contributed by atoms with Gasteiger partial charge >= 0.3 is 6.09 Å². The van der Waals surface area contributed by atoms with E-state index in [1.54, 1.807) is 64.1 Å². The van der Waals surface area contributed by atoms with Crippen LogP contribution in [0.2, 0.25) is 0 Å². The summed E-state index contributed by atoms with van der Waals surface area (Å²) in [5.74, 6) is -0.325. The van der Waals surface area contributed by atoms with E-state index in [0.29, 0.717) is 22.6 Å². The highest BCUT2D eigenvalue weighted by molar-refractivity contribution is 5.70. The Labute approximate surface area is 449 Å². The second-order valence-electron chi connectivity index (χ2n) is 16.1. The zero-order valence-electron chi connectivity index (χ0n) is 68.6. The van der Waals surface area contributed by atoms with Crippen LogP contribution >= 0.6 is 0 Å². The molecule has 0 radical (unpaired) electrons. The van der Waals surface area contributed by atoms with E-state index in [2.05, 4.69) is 5.32 Å². The number of nitrogens with one attached hydrogen (secondary N) is 1. The molecule has 11 nitrogen and oxygen atoms in total. The van der Waals surface area contributed by atoms with Crippen LogP contribution in [-0.2, 0) is 49.6 Å². The maximum Gasteiger partial charge on any atom is 0.410 e. The van der Waals surface area contributed by atoms with E-state index < -0.39 is 155 Å². The fourth-order valence-electron chi connectivity index (χ4n) is 6.44. The predicted octanol–water partition coefficient (Wildman–Crippen LogP) is 12.0. The van der Waals surface area contributed by atoms with E-state index in [1.165, 1.54) is 0 Å². The molecule has 68 heavy (non-hydrogen) atoms. The molecule has 4 aromatic rings. The van der Waals surface area contributed by atoms with E-state index in [1.807, 2.05) is 0 Å². The summed E-state index contributed by atoms with van der Waals surface area (Å²) >= 11 is 0. The topological polar surface area (TPSA) is 117 Å². The lowest BCUT2D eigenvalue weighted by Gasteiger charge is -2.33. The molecule has 0 bridgehead atoms. The number of carbonyl (C=O) groups excluding carboxylic acids is 1. The molecule has 1 saturated heterocycles. The van der Waals surface area contributed by atoms with Gasteiger partial charge in [-0.25, -0.2) is 4.79 Å². The molecule has 2 N–H and O–H groups in total. The summed E-state index contributed by atoms with van der Waals surface area (Å²) in [6, 6.07) is 9.90. The minimum Gasteiger partial charge on any atom is -0.463 e. The molecule has 3 heterocycles.